The minimum atomic E-state index is 0.306. The third kappa shape index (κ3) is 5.00. The molecule has 1 aromatic rings. The fourth-order valence-corrected chi connectivity index (χ4v) is 2.95. The van der Waals surface area contributed by atoms with Crippen molar-refractivity contribution in [3.8, 4) is 5.75 Å². The lowest BCUT2D eigenvalue weighted by atomic mass is 10.2. The summed E-state index contributed by atoms with van der Waals surface area (Å²) < 4.78 is 6.69. The second-order valence-electron chi connectivity index (χ2n) is 5.20. The summed E-state index contributed by atoms with van der Waals surface area (Å²) in [5.74, 6) is 1.24. The highest BCUT2D eigenvalue weighted by Gasteiger charge is 2.18. The van der Waals surface area contributed by atoms with E-state index in [9.17, 15) is 4.79 Å². The molecule has 2 rings (SSSR count). The molecule has 0 aliphatic carbocycles. The zero-order chi connectivity index (χ0) is 15.1. The van der Waals surface area contributed by atoms with Crippen LogP contribution in [0, 0.1) is 0 Å². The number of carbonyl (C=O) groups excluding carboxylic acids is 1. The number of nitrogens with one attached hydrogen (secondary N) is 1. The van der Waals surface area contributed by atoms with E-state index in [1.165, 1.54) is 0 Å². The second kappa shape index (κ2) is 8.39. The van der Waals surface area contributed by atoms with Crippen LogP contribution in [0.3, 0.4) is 0 Å². The maximum Gasteiger partial charge on any atom is 0.222 e. The molecule has 1 aliphatic rings. The molecule has 1 fully saturated rings. The third-order valence-electron chi connectivity index (χ3n) is 3.59. The molecular weight excluding hydrogens is 332 g/mol. The van der Waals surface area contributed by atoms with Crippen LogP contribution >= 0.6 is 15.9 Å². The zero-order valence-corrected chi connectivity index (χ0v) is 14.1. The van der Waals surface area contributed by atoms with Gasteiger partial charge in [0, 0.05) is 36.1 Å². The van der Waals surface area contributed by atoms with Crippen LogP contribution in [0.15, 0.2) is 22.7 Å². The summed E-state index contributed by atoms with van der Waals surface area (Å²) in [4.78, 5) is 13.5. The Bertz CT molecular complexity index is 479. The minimum Gasteiger partial charge on any atom is -0.494 e. The van der Waals surface area contributed by atoms with E-state index in [2.05, 4.69) is 27.3 Å². The largest absolute Gasteiger partial charge is 0.494 e. The van der Waals surface area contributed by atoms with E-state index < -0.39 is 0 Å². The van der Waals surface area contributed by atoms with Crippen molar-refractivity contribution in [2.75, 3.05) is 26.2 Å². The Balaban J connectivity index is 1.72. The van der Waals surface area contributed by atoms with Gasteiger partial charge in [-0.15, -0.1) is 0 Å². The SMILES string of the molecule is CCOc1ccc(Br)cc1CNCCCN1CCCC1=O. The van der Waals surface area contributed by atoms with Crippen molar-refractivity contribution < 1.29 is 9.53 Å². The average Bonchev–Trinajstić information content (AvgIpc) is 2.87. The molecule has 1 aromatic carbocycles. The van der Waals surface area contributed by atoms with Crippen LogP contribution in [-0.2, 0) is 11.3 Å². The van der Waals surface area contributed by atoms with Gasteiger partial charge in [-0.05, 0) is 44.5 Å². The van der Waals surface area contributed by atoms with Gasteiger partial charge in [0.25, 0.3) is 0 Å². The maximum atomic E-state index is 11.5. The van der Waals surface area contributed by atoms with Crippen LogP contribution in [0.1, 0.15) is 31.7 Å². The number of ether oxygens (including phenoxy) is 1. The first-order valence-electron chi connectivity index (χ1n) is 7.60. The van der Waals surface area contributed by atoms with Crippen molar-refractivity contribution >= 4 is 21.8 Å². The van der Waals surface area contributed by atoms with E-state index in [4.69, 9.17) is 4.74 Å². The minimum absolute atomic E-state index is 0.306. The Morgan fingerprint density at radius 2 is 2.29 bits per heavy atom. The highest BCUT2D eigenvalue weighted by molar-refractivity contribution is 9.10. The van der Waals surface area contributed by atoms with Crippen molar-refractivity contribution in [2.45, 2.75) is 32.7 Å². The molecule has 0 bridgehead atoms. The van der Waals surface area contributed by atoms with Crippen LogP contribution in [0.2, 0.25) is 0 Å². The van der Waals surface area contributed by atoms with Crippen LogP contribution in [0.5, 0.6) is 5.75 Å². The van der Waals surface area contributed by atoms with Crippen molar-refractivity contribution in [1.82, 2.24) is 10.2 Å². The average molecular weight is 355 g/mol. The van der Waals surface area contributed by atoms with Gasteiger partial charge >= 0.3 is 0 Å². The van der Waals surface area contributed by atoms with E-state index in [0.717, 1.165) is 61.2 Å². The lowest BCUT2D eigenvalue weighted by molar-refractivity contribution is -0.127. The molecule has 0 unspecified atom stereocenters. The predicted molar refractivity (Wildman–Crippen MR) is 87.4 cm³/mol. The summed E-state index contributed by atoms with van der Waals surface area (Å²) in [5.41, 5.74) is 1.16. The number of rotatable bonds is 8. The molecule has 5 heteroatoms. The van der Waals surface area contributed by atoms with E-state index in [1.807, 2.05) is 24.0 Å². The third-order valence-corrected chi connectivity index (χ3v) is 4.08. The van der Waals surface area contributed by atoms with Gasteiger partial charge in [0.2, 0.25) is 5.91 Å². The van der Waals surface area contributed by atoms with Crippen LogP contribution in [-0.4, -0.2) is 37.0 Å². The second-order valence-corrected chi connectivity index (χ2v) is 6.12. The highest BCUT2D eigenvalue weighted by atomic mass is 79.9. The van der Waals surface area contributed by atoms with Gasteiger partial charge in [-0.1, -0.05) is 15.9 Å². The van der Waals surface area contributed by atoms with Gasteiger partial charge in [0.1, 0.15) is 5.75 Å². The van der Waals surface area contributed by atoms with E-state index in [-0.39, 0.29) is 0 Å². The predicted octanol–water partition coefficient (Wildman–Crippen LogP) is 2.95. The Hall–Kier alpha value is -1.07. The molecule has 0 saturated carbocycles. The van der Waals surface area contributed by atoms with Crippen molar-refractivity contribution in [3.63, 3.8) is 0 Å². The Kier molecular flexibility index (Phi) is 6.51. The molecule has 4 nitrogen and oxygen atoms in total. The van der Waals surface area contributed by atoms with Crippen LogP contribution < -0.4 is 10.1 Å². The molecule has 1 saturated heterocycles. The maximum absolute atomic E-state index is 11.5. The summed E-state index contributed by atoms with van der Waals surface area (Å²) >= 11 is 3.49. The topological polar surface area (TPSA) is 41.6 Å². The Morgan fingerprint density at radius 1 is 1.43 bits per heavy atom. The zero-order valence-electron chi connectivity index (χ0n) is 12.5. The van der Waals surface area contributed by atoms with E-state index in [1.54, 1.807) is 0 Å². The summed E-state index contributed by atoms with van der Waals surface area (Å²) in [6.45, 7) is 6.14. The van der Waals surface area contributed by atoms with Crippen LogP contribution in [0.4, 0.5) is 0 Å². The first-order valence-corrected chi connectivity index (χ1v) is 8.39. The Labute approximate surface area is 135 Å². The van der Waals surface area contributed by atoms with Gasteiger partial charge in [-0.2, -0.15) is 0 Å². The first kappa shape index (κ1) is 16.3. The van der Waals surface area contributed by atoms with Gasteiger partial charge in [0.15, 0.2) is 0 Å². The van der Waals surface area contributed by atoms with Gasteiger partial charge in [-0.25, -0.2) is 0 Å². The lowest BCUT2D eigenvalue weighted by Crippen LogP contribution is -2.28. The molecule has 21 heavy (non-hydrogen) atoms. The number of benzene rings is 1. The number of likely N-dealkylation sites (tertiary alicyclic amines) is 1. The monoisotopic (exact) mass is 354 g/mol. The fraction of sp³-hybridized carbons (Fsp3) is 0.562. The number of carbonyl (C=O) groups is 1. The standard InChI is InChI=1S/C16H23BrN2O2/c1-2-21-15-7-6-14(17)11-13(15)12-18-8-4-10-19-9-3-5-16(19)20/h6-7,11,18H,2-5,8-10,12H2,1H3. The van der Waals surface area contributed by atoms with Crippen molar-refractivity contribution in [1.29, 1.82) is 0 Å². The molecule has 1 heterocycles. The first-order chi connectivity index (χ1) is 10.2. The fourth-order valence-electron chi connectivity index (χ4n) is 2.54. The Morgan fingerprint density at radius 3 is 3.00 bits per heavy atom. The number of hydrogen-bond donors (Lipinski definition) is 1. The van der Waals surface area contributed by atoms with E-state index >= 15 is 0 Å². The molecule has 1 N–H and O–H groups in total. The number of hydrogen-bond acceptors (Lipinski definition) is 3. The summed E-state index contributed by atoms with van der Waals surface area (Å²) in [6.07, 6.45) is 2.73. The summed E-state index contributed by atoms with van der Waals surface area (Å²) in [6, 6.07) is 6.07. The van der Waals surface area contributed by atoms with Gasteiger partial charge in [0.05, 0.1) is 6.61 Å². The molecular formula is C16H23BrN2O2. The molecule has 0 spiro atoms. The number of nitrogens with zero attached hydrogens (tertiary/aromatic N) is 1. The van der Waals surface area contributed by atoms with Crippen LogP contribution in [0.25, 0.3) is 0 Å². The van der Waals surface area contributed by atoms with Gasteiger partial charge < -0.3 is 15.0 Å². The van der Waals surface area contributed by atoms with E-state index in [0.29, 0.717) is 12.5 Å². The molecule has 1 amide bonds. The normalized spacial score (nSPS) is 14.8. The molecule has 0 aromatic heterocycles. The number of amides is 1. The molecule has 0 atom stereocenters. The molecule has 0 radical (unpaired) electrons. The highest BCUT2D eigenvalue weighted by Crippen LogP contribution is 2.23. The van der Waals surface area contributed by atoms with Gasteiger partial charge in [-0.3, -0.25) is 4.79 Å². The quantitative estimate of drug-likeness (QED) is 0.729. The lowest BCUT2D eigenvalue weighted by Gasteiger charge is -2.16. The van der Waals surface area contributed by atoms with Crippen molar-refractivity contribution in [2.24, 2.45) is 0 Å². The molecule has 1 aliphatic heterocycles. The molecule has 116 valence electrons. The number of halogens is 1. The van der Waals surface area contributed by atoms with Crippen molar-refractivity contribution in [3.05, 3.63) is 28.2 Å². The summed E-state index contributed by atoms with van der Waals surface area (Å²) in [7, 11) is 0. The smallest absolute Gasteiger partial charge is 0.222 e. The summed E-state index contributed by atoms with van der Waals surface area (Å²) in [5, 5.41) is 3.43.